The lowest BCUT2D eigenvalue weighted by molar-refractivity contribution is 0.586. The first kappa shape index (κ1) is 18.0. The van der Waals surface area contributed by atoms with Gasteiger partial charge in [-0.1, -0.05) is 12.1 Å². The molecule has 0 radical (unpaired) electrons. The molecule has 0 aliphatic rings. The van der Waals surface area contributed by atoms with Crippen LogP contribution in [0.4, 0.5) is 20.2 Å². The van der Waals surface area contributed by atoms with Crippen LogP contribution >= 0.6 is 12.2 Å². The number of benzene rings is 2. The highest BCUT2D eigenvalue weighted by atomic mass is 32.1. The summed E-state index contributed by atoms with van der Waals surface area (Å²) < 4.78 is 28.6. The molecule has 0 saturated heterocycles. The average molecular weight is 372 g/mol. The van der Waals surface area contributed by atoms with Crippen LogP contribution in [0.15, 0.2) is 48.5 Å². The molecule has 0 aliphatic carbocycles. The summed E-state index contributed by atoms with van der Waals surface area (Å²) in [4.78, 5) is 0. The van der Waals surface area contributed by atoms with E-state index >= 15 is 0 Å². The highest BCUT2D eigenvalue weighted by Gasteiger charge is 2.07. The van der Waals surface area contributed by atoms with Gasteiger partial charge < -0.3 is 10.6 Å². The Kier molecular flexibility index (Phi) is 5.27. The van der Waals surface area contributed by atoms with Gasteiger partial charge in [0.15, 0.2) is 5.11 Å². The quantitative estimate of drug-likeness (QED) is 0.655. The standard InChI is InChI=1S/C19H18F2N4S/c1-12-8-13(2)25(24-12)11-14-4-3-5-16(9-14)22-19(26)23-18-7-6-15(20)10-17(18)21/h3-10H,11H2,1-2H3,(H2,22,23,26). The van der Waals surface area contributed by atoms with Crippen molar-refractivity contribution in [3.05, 3.63) is 77.1 Å². The maximum atomic E-state index is 13.7. The minimum atomic E-state index is -0.701. The smallest absolute Gasteiger partial charge is 0.175 e. The Morgan fingerprint density at radius 1 is 1.08 bits per heavy atom. The molecule has 3 aromatic rings. The molecule has 134 valence electrons. The van der Waals surface area contributed by atoms with Gasteiger partial charge in [0.25, 0.3) is 0 Å². The normalized spacial score (nSPS) is 10.6. The van der Waals surface area contributed by atoms with E-state index in [4.69, 9.17) is 12.2 Å². The third kappa shape index (κ3) is 4.43. The second kappa shape index (κ2) is 7.61. The fourth-order valence-electron chi connectivity index (χ4n) is 2.63. The zero-order chi connectivity index (χ0) is 18.7. The van der Waals surface area contributed by atoms with Gasteiger partial charge in [0, 0.05) is 17.4 Å². The Hall–Kier alpha value is -2.80. The summed E-state index contributed by atoms with van der Waals surface area (Å²) in [6.45, 7) is 4.61. The van der Waals surface area contributed by atoms with Crippen LogP contribution in [0.1, 0.15) is 17.0 Å². The van der Waals surface area contributed by atoms with Gasteiger partial charge in [-0.15, -0.1) is 0 Å². The lowest BCUT2D eigenvalue weighted by atomic mass is 10.2. The first-order valence-electron chi connectivity index (χ1n) is 8.04. The van der Waals surface area contributed by atoms with Gasteiger partial charge in [0.2, 0.25) is 0 Å². The third-order valence-electron chi connectivity index (χ3n) is 3.80. The highest BCUT2D eigenvalue weighted by molar-refractivity contribution is 7.80. The Morgan fingerprint density at radius 2 is 1.88 bits per heavy atom. The molecule has 0 bridgehead atoms. The van der Waals surface area contributed by atoms with Crippen LogP contribution in [0.25, 0.3) is 0 Å². The lowest BCUT2D eigenvalue weighted by Crippen LogP contribution is -2.20. The molecule has 0 fully saturated rings. The first-order valence-corrected chi connectivity index (χ1v) is 8.44. The number of nitrogens with one attached hydrogen (secondary N) is 2. The van der Waals surface area contributed by atoms with Gasteiger partial charge in [-0.2, -0.15) is 5.10 Å². The maximum absolute atomic E-state index is 13.7. The monoisotopic (exact) mass is 372 g/mol. The van der Waals surface area contributed by atoms with Crippen LogP contribution < -0.4 is 10.6 Å². The van der Waals surface area contributed by atoms with E-state index in [1.54, 1.807) is 0 Å². The summed E-state index contributed by atoms with van der Waals surface area (Å²) in [6, 6.07) is 13.0. The summed E-state index contributed by atoms with van der Waals surface area (Å²) in [5, 5.41) is 10.4. The summed E-state index contributed by atoms with van der Waals surface area (Å²) in [5.41, 5.74) is 4.00. The molecule has 2 aromatic carbocycles. The van der Waals surface area contributed by atoms with E-state index in [1.165, 1.54) is 12.1 Å². The van der Waals surface area contributed by atoms with E-state index < -0.39 is 11.6 Å². The van der Waals surface area contributed by atoms with Crippen LogP contribution in [0.3, 0.4) is 0 Å². The zero-order valence-corrected chi connectivity index (χ0v) is 15.2. The van der Waals surface area contributed by atoms with E-state index in [9.17, 15) is 8.78 Å². The molecule has 7 heteroatoms. The van der Waals surface area contributed by atoms with Crippen molar-refractivity contribution in [1.29, 1.82) is 0 Å². The number of aryl methyl sites for hydroxylation is 2. The third-order valence-corrected chi connectivity index (χ3v) is 4.00. The molecule has 26 heavy (non-hydrogen) atoms. The van der Waals surface area contributed by atoms with Crippen LogP contribution in [0.2, 0.25) is 0 Å². The molecule has 0 amide bonds. The van der Waals surface area contributed by atoms with Crippen molar-refractivity contribution in [1.82, 2.24) is 9.78 Å². The highest BCUT2D eigenvalue weighted by Crippen LogP contribution is 2.17. The summed E-state index contributed by atoms with van der Waals surface area (Å²) in [7, 11) is 0. The number of hydrogen-bond donors (Lipinski definition) is 2. The van der Waals surface area contributed by atoms with E-state index in [0.29, 0.717) is 6.54 Å². The average Bonchev–Trinajstić information content (AvgIpc) is 2.88. The summed E-state index contributed by atoms with van der Waals surface area (Å²) >= 11 is 5.21. The Balaban J connectivity index is 1.68. The maximum Gasteiger partial charge on any atom is 0.175 e. The molecule has 1 heterocycles. The Labute approximate surface area is 155 Å². The number of rotatable bonds is 4. The van der Waals surface area contributed by atoms with E-state index in [0.717, 1.165) is 28.7 Å². The van der Waals surface area contributed by atoms with E-state index in [2.05, 4.69) is 15.7 Å². The molecule has 0 aliphatic heterocycles. The SMILES string of the molecule is Cc1cc(C)n(Cc2cccc(NC(=S)Nc3ccc(F)cc3F)c2)n1. The van der Waals surface area contributed by atoms with Crippen molar-refractivity contribution in [2.24, 2.45) is 0 Å². The number of hydrogen-bond acceptors (Lipinski definition) is 2. The molecule has 2 N–H and O–H groups in total. The van der Waals surface area contributed by atoms with Gasteiger partial charge >= 0.3 is 0 Å². The molecular weight excluding hydrogens is 354 g/mol. The van der Waals surface area contributed by atoms with E-state index in [-0.39, 0.29) is 10.8 Å². The van der Waals surface area contributed by atoms with Gasteiger partial charge in [-0.25, -0.2) is 8.78 Å². The number of aromatic nitrogens is 2. The van der Waals surface area contributed by atoms with Crippen molar-refractivity contribution in [2.45, 2.75) is 20.4 Å². The minimum Gasteiger partial charge on any atom is -0.332 e. The van der Waals surface area contributed by atoms with Gasteiger partial charge in [-0.3, -0.25) is 4.68 Å². The molecule has 4 nitrogen and oxygen atoms in total. The fraction of sp³-hybridized carbons (Fsp3) is 0.158. The summed E-state index contributed by atoms with van der Waals surface area (Å²) in [6.07, 6.45) is 0. The molecule has 0 unspecified atom stereocenters. The van der Waals surface area contributed by atoms with Gasteiger partial charge in [0.05, 0.1) is 17.9 Å². The number of nitrogens with zero attached hydrogens (tertiary/aromatic N) is 2. The molecule has 1 aromatic heterocycles. The van der Waals surface area contributed by atoms with Gasteiger partial charge in [-0.05, 0) is 62.0 Å². The second-order valence-corrected chi connectivity index (χ2v) is 6.40. The molecule has 0 saturated carbocycles. The molecule has 3 rings (SSSR count). The van der Waals surface area contributed by atoms with Crippen LogP contribution in [-0.4, -0.2) is 14.9 Å². The number of anilines is 2. The number of thiocarbonyl (C=S) groups is 1. The van der Waals surface area contributed by atoms with Crippen LogP contribution in [-0.2, 0) is 6.54 Å². The molecule has 0 spiro atoms. The largest absolute Gasteiger partial charge is 0.332 e. The second-order valence-electron chi connectivity index (χ2n) is 5.99. The fourth-order valence-corrected chi connectivity index (χ4v) is 2.86. The van der Waals surface area contributed by atoms with Crippen molar-refractivity contribution in [3.8, 4) is 0 Å². The van der Waals surface area contributed by atoms with Crippen molar-refractivity contribution >= 4 is 28.7 Å². The Morgan fingerprint density at radius 3 is 2.58 bits per heavy atom. The Bertz CT molecular complexity index is 952. The zero-order valence-electron chi connectivity index (χ0n) is 14.4. The van der Waals surface area contributed by atoms with Crippen molar-refractivity contribution in [3.63, 3.8) is 0 Å². The van der Waals surface area contributed by atoms with Gasteiger partial charge in [0.1, 0.15) is 11.6 Å². The predicted octanol–water partition coefficient (Wildman–Crippen LogP) is 4.64. The van der Waals surface area contributed by atoms with Crippen LogP contribution in [0.5, 0.6) is 0 Å². The molecular formula is C19H18F2N4S. The topological polar surface area (TPSA) is 41.9 Å². The first-order chi connectivity index (χ1) is 12.4. The number of halogens is 2. The van der Waals surface area contributed by atoms with Crippen LogP contribution in [0, 0.1) is 25.5 Å². The van der Waals surface area contributed by atoms with E-state index in [1.807, 2.05) is 48.9 Å². The molecule has 0 atom stereocenters. The predicted molar refractivity (Wildman–Crippen MR) is 103 cm³/mol. The van der Waals surface area contributed by atoms with Crippen molar-refractivity contribution < 1.29 is 8.78 Å². The minimum absolute atomic E-state index is 0.114. The van der Waals surface area contributed by atoms with Crippen molar-refractivity contribution in [2.75, 3.05) is 10.6 Å². The summed E-state index contributed by atoms with van der Waals surface area (Å²) in [5.74, 6) is -1.34. The lowest BCUT2D eigenvalue weighted by Gasteiger charge is -2.12.